The fraction of sp³-hybridized carbons (Fsp3) is 0.536. The minimum Gasteiger partial charge on any atom is -0.462 e. The number of hydrogen-bond donors (Lipinski definition) is 1. The molecule has 37 heavy (non-hydrogen) atoms. The topological polar surface area (TPSA) is 69.7 Å². The van der Waals surface area contributed by atoms with Crippen LogP contribution in [0, 0.1) is 0 Å². The number of ether oxygens (including phenoxy) is 1. The van der Waals surface area contributed by atoms with Crippen molar-refractivity contribution in [3.8, 4) is 6.01 Å². The molecule has 0 amide bonds. The van der Waals surface area contributed by atoms with Crippen molar-refractivity contribution in [2.45, 2.75) is 56.8 Å². The monoisotopic (exact) mass is 519 g/mol. The highest BCUT2D eigenvalue weighted by Gasteiger charge is 2.35. The minimum absolute atomic E-state index is 0.429. The van der Waals surface area contributed by atoms with Gasteiger partial charge in [0.25, 0.3) is 0 Å². The van der Waals surface area contributed by atoms with Gasteiger partial charge in [-0.3, -0.25) is 4.98 Å². The predicted molar refractivity (Wildman–Crippen MR) is 147 cm³/mol. The number of benzene rings is 1. The Bertz CT molecular complexity index is 1300. The summed E-state index contributed by atoms with van der Waals surface area (Å²) >= 11 is 6.67. The smallest absolute Gasteiger partial charge is 0.318 e. The lowest BCUT2D eigenvalue weighted by atomic mass is 10.0. The zero-order chi connectivity index (χ0) is 24.9. The highest BCUT2D eigenvalue weighted by Crippen LogP contribution is 2.37. The maximum Gasteiger partial charge on any atom is 0.318 e. The molecule has 4 aliphatic heterocycles. The van der Waals surface area contributed by atoms with E-state index in [1.807, 2.05) is 24.5 Å². The zero-order valence-corrected chi connectivity index (χ0v) is 22.1. The van der Waals surface area contributed by atoms with E-state index in [1.54, 1.807) is 0 Å². The van der Waals surface area contributed by atoms with Crippen molar-refractivity contribution in [3.05, 3.63) is 46.9 Å². The molecular formula is C28H34ClN7O. The van der Waals surface area contributed by atoms with Crippen LogP contribution >= 0.6 is 11.6 Å². The highest BCUT2D eigenvalue weighted by molar-refractivity contribution is 6.36. The third-order valence-electron chi connectivity index (χ3n) is 8.67. The molecule has 9 heteroatoms. The second-order valence-corrected chi connectivity index (χ2v) is 11.5. The Balaban J connectivity index is 1.23. The lowest BCUT2D eigenvalue weighted by molar-refractivity contribution is 0.187. The summed E-state index contributed by atoms with van der Waals surface area (Å²) in [7, 11) is 2.18. The Morgan fingerprint density at radius 1 is 1.05 bits per heavy atom. The summed E-state index contributed by atoms with van der Waals surface area (Å²) in [5.74, 6) is 1.08. The molecular weight excluding hydrogens is 486 g/mol. The van der Waals surface area contributed by atoms with E-state index in [4.69, 9.17) is 26.3 Å². The molecule has 6 heterocycles. The fourth-order valence-corrected chi connectivity index (χ4v) is 6.94. The first kappa shape index (κ1) is 23.4. The lowest BCUT2D eigenvalue weighted by Gasteiger charge is -2.37. The molecule has 3 aromatic rings. The number of nitrogens with zero attached hydrogens (tertiary/aromatic N) is 6. The van der Waals surface area contributed by atoms with Crippen LogP contribution in [0.2, 0.25) is 5.02 Å². The predicted octanol–water partition coefficient (Wildman–Crippen LogP) is 3.65. The van der Waals surface area contributed by atoms with Crippen LogP contribution < -0.4 is 19.9 Å². The molecule has 0 spiro atoms. The van der Waals surface area contributed by atoms with Gasteiger partial charge in [-0.05, 0) is 51.8 Å². The second kappa shape index (κ2) is 9.57. The molecule has 0 unspecified atom stereocenters. The Labute approximate surface area is 223 Å². The van der Waals surface area contributed by atoms with Crippen LogP contribution in [0.25, 0.3) is 10.8 Å². The van der Waals surface area contributed by atoms with Gasteiger partial charge in [0.1, 0.15) is 12.4 Å². The number of fused-ring (bicyclic) bond motifs is 4. The number of likely N-dealkylation sites (tertiary alicyclic amines) is 1. The summed E-state index contributed by atoms with van der Waals surface area (Å²) in [6, 6.07) is 8.04. The van der Waals surface area contributed by atoms with Gasteiger partial charge in [0.05, 0.1) is 29.1 Å². The van der Waals surface area contributed by atoms with E-state index in [1.165, 1.54) is 24.8 Å². The SMILES string of the molecule is CN1CCC[C@H]1COc1nc2c(c(N3C[C@H]4CC[C@@H](C3)N4)n1)CCN(c1cncc3cccc(Cl)c13)C2. The van der Waals surface area contributed by atoms with Gasteiger partial charge in [-0.2, -0.15) is 9.97 Å². The van der Waals surface area contributed by atoms with E-state index in [0.29, 0.717) is 37.3 Å². The van der Waals surface area contributed by atoms with Crippen molar-refractivity contribution in [2.24, 2.45) is 0 Å². The first-order valence-corrected chi connectivity index (χ1v) is 14.0. The van der Waals surface area contributed by atoms with Gasteiger partial charge in [0, 0.05) is 60.3 Å². The molecule has 3 atom stereocenters. The number of likely N-dealkylation sites (N-methyl/N-ethyl adjacent to an activating group) is 1. The first-order chi connectivity index (χ1) is 18.1. The van der Waals surface area contributed by atoms with E-state index >= 15 is 0 Å². The summed E-state index contributed by atoms with van der Waals surface area (Å²) in [6.07, 6.45) is 9.58. The number of aromatic nitrogens is 3. The highest BCUT2D eigenvalue weighted by atomic mass is 35.5. The Morgan fingerprint density at radius 3 is 2.73 bits per heavy atom. The van der Waals surface area contributed by atoms with Crippen LogP contribution in [0.4, 0.5) is 11.5 Å². The molecule has 0 aliphatic carbocycles. The van der Waals surface area contributed by atoms with Crippen molar-refractivity contribution in [1.29, 1.82) is 0 Å². The molecule has 1 N–H and O–H groups in total. The Hall–Kier alpha value is -2.68. The van der Waals surface area contributed by atoms with Crippen LogP contribution in [-0.2, 0) is 13.0 Å². The van der Waals surface area contributed by atoms with Gasteiger partial charge >= 0.3 is 6.01 Å². The van der Waals surface area contributed by atoms with E-state index < -0.39 is 0 Å². The molecule has 4 aliphatic rings. The molecule has 3 saturated heterocycles. The average molecular weight is 520 g/mol. The average Bonchev–Trinajstić information content (AvgIpc) is 3.49. The third-order valence-corrected chi connectivity index (χ3v) is 8.98. The molecule has 3 fully saturated rings. The van der Waals surface area contributed by atoms with Crippen molar-refractivity contribution >= 4 is 33.9 Å². The van der Waals surface area contributed by atoms with Crippen molar-refractivity contribution < 1.29 is 4.74 Å². The van der Waals surface area contributed by atoms with Crippen LogP contribution in [0.15, 0.2) is 30.6 Å². The van der Waals surface area contributed by atoms with E-state index in [-0.39, 0.29) is 0 Å². The zero-order valence-electron chi connectivity index (χ0n) is 21.4. The number of anilines is 2. The van der Waals surface area contributed by atoms with Gasteiger partial charge in [0.2, 0.25) is 0 Å². The largest absolute Gasteiger partial charge is 0.462 e. The van der Waals surface area contributed by atoms with Crippen LogP contribution in [0.1, 0.15) is 36.9 Å². The fourth-order valence-electron chi connectivity index (χ4n) is 6.66. The molecule has 1 aromatic carbocycles. The Kier molecular flexibility index (Phi) is 6.06. The van der Waals surface area contributed by atoms with E-state index in [0.717, 1.165) is 72.0 Å². The van der Waals surface area contributed by atoms with Crippen LogP contribution in [0.5, 0.6) is 6.01 Å². The molecule has 0 saturated carbocycles. The maximum absolute atomic E-state index is 6.67. The van der Waals surface area contributed by atoms with E-state index in [9.17, 15) is 0 Å². The molecule has 194 valence electrons. The van der Waals surface area contributed by atoms with Gasteiger partial charge in [0.15, 0.2) is 0 Å². The van der Waals surface area contributed by atoms with Crippen LogP contribution in [-0.4, -0.2) is 77.8 Å². The molecule has 2 bridgehead atoms. The number of piperazine rings is 1. The van der Waals surface area contributed by atoms with Gasteiger partial charge in [-0.15, -0.1) is 0 Å². The number of pyridine rings is 1. The lowest BCUT2D eigenvalue weighted by Crippen LogP contribution is -2.52. The summed E-state index contributed by atoms with van der Waals surface area (Å²) in [5.41, 5.74) is 3.38. The minimum atomic E-state index is 0.429. The van der Waals surface area contributed by atoms with Gasteiger partial charge in [-0.1, -0.05) is 23.7 Å². The second-order valence-electron chi connectivity index (χ2n) is 11.1. The number of halogens is 1. The molecule has 7 rings (SSSR count). The summed E-state index contributed by atoms with van der Waals surface area (Å²) in [5, 5.41) is 6.62. The summed E-state index contributed by atoms with van der Waals surface area (Å²) in [4.78, 5) is 21.8. The summed E-state index contributed by atoms with van der Waals surface area (Å²) in [6.45, 7) is 5.32. The first-order valence-electron chi connectivity index (χ1n) is 13.6. The number of nitrogens with one attached hydrogen (secondary N) is 1. The summed E-state index contributed by atoms with van der Waals surface area (Å²) < 4.78 is 6.30. The van der Waals surface area contributed by atoms with Crippen molar-refractivity contribution in [2.75, 3.05) is 49.6 Å². The van der Waals surface area contributed by atoms with Crippen molar-refractivity contribution in [1.82, 2.24) is 25.2 Å². The van der Waals surface area contributed by atoms with Crippen LogP contribution in [0.3, 0.4) is 0 Å². The quantitative estimate of drug-likeness (QED) is 0.548. The maximum atomic E-state index is 6.67. The number of hydrogen-bond acceptors (Lipinski definition) is 8. The van der Waals surface area contributed by atoms with Gasteiger partial charge in [-0.25, -0.2) is 0 Å². The van der Waals surface area contributed by atoms with Crippen molar-refractivity contribution in [3.63, 3.8) is 0 Å². The van der Waals surface area contributed by atoms with E-state index in [2.05, 4.69) is 38.1 Å². The van der Waals surface area contributed by atoms with Gasteiger partial charge < -0.3 is 24.8 Å². The normalized spacial score (nSPS) is 25.6. The molecule has 0 radical (unpaired) electrons. The molecule has 8 nitrogen and oxygen atoms in total. The standard InChI is InChI=1S/C28H34ClN7O/c1-34-10-3-5-21(34)17-37-28-32-24-16-35(25-13-30-12-18-4-2-6-23(29)26(18)25)11-9-22(24)27(33-28)36-14-19-7-8-20(15-36)31-19/h2,4,6,12-13,19-21,31H,3,5,7-11,14-17H2,1H3/t19-,20+,21-/m0/s1. The molecule has 2 aromatic heterocycles. The third kappa shape index (κ3) is 4.39. The number of rotatable bonds is 5. The Morgan fingerprint density at radius 2 is 1.92 bits per heavy atom.